The second-order valence-corrected chi connectivity index (χ2v) is 6.65. The Morgan fingerprint density at radius 3 is 2.93 bits per heavy atom. The summed E-state index contributed by atoms with van der Waals surface area (Å²) in [6.45, 7) is -0.422. The number of rotatable bonds is 7. The van der Waals surface area contributed by atoms with Gasteiger partial charge in [0.25, 0.3) is 5.91 Å². The molecule has 2 atom stereocenters. The van der Waals surface area contributed by atoms with Crippen molar-refractivity contribution in [3.63, 3.8) is 0 Å². The van der Waals surface area contributed by atoms with Gasteiger partial charge in [0, 0.05) is 38.1 Å². The summed E-state index contributed by atoms with van der Waals surface area (Å²) in [7, 11) is 1.69. The van der Waals surface area contributed by atoms with Crippen LogP contribution in [0.2, 0.25) is 0 Å². The third kappa shape index (κ3) is 5.47. The predicted octanol–water partition coefficient (Wildman–Crippen LogP) is 2.34. The number of aromatic nitrogens is 3. The highest BCUT2D eigenvalue weighted by Crippen LogP contribution is 2.28. The number of hydrogen-bond acceptors (Lipinski definition) is 7. The smallest absolute Gasteiger partial charge is 0.422 e. The Balaban J connectivity index is 1.78. The van der Waals surface area contributed by atoms with Crippen LogP contribution in [0.3, 0.4) is 0 Å². The first-order valence-corrected chi connectivity index (χ1v) is 9.08. The van der Waals surface area contributed by atoms with Crippen LogP contribution in [0.25, 0.3) is 0 Å². The molecule has 162 valence electrons. The number of primary amides is 1. The zero-order valence-electron chi connectivity index (χ0n) is 16.1. The molecule has 0 spiro atoms. The van der Waals surface area contributed by atoms with Crippen LogP contribution in [0, 0.1) is 5.92 Å². The van der Waals surface area contributed by atoms with Gasteiger partial charge in [-0.05, 0) is 12.5 Å². The molecule has 2 aromatic rings. The maximum absolute atomic E-state index is 12.2. The highest BCUT2D eigenvalue weighted by molar-refractivity contribution is 5.98. The second kappa shape index (κ2) is 9.11. The molecule has 0 radical (unpaired) electrons. The molecular formula is C18H21F3N6O3. The van der Waals surface area contributed by atoms with E-state index in [9.17, 15) is 18.0 Å². The molecule has 9 nitrogen and oxygen atoms in total. The van der Waals surface area contributed by atoms with E-state index >= 15 is 0 Å². The zero-order chi connectivity index (χ0) is 21.7. The Morgan fingerprint density at radius 1 is 1.50 bits per heavy atom. The van der Waals surface area contributed by atoms with Crippen molar-refractivity contribution in [2.45, 2.75) is 18.6 Å². The molecule has 2 aromatic heterocycles. The minimum Gasteiger partial charge on any atom is -0.468 e. The van der Waals surface area contributed by atoms with Gasteiger partial charge in [-0.3, -0.25) is 9.48 Å². The largest absolute Gasteiger partial charge is 0.468 e. The molecule has 0 aromatic carbocycles. The van der Waals surface area contributed by atoms with E-state index in [0.29, 0.717) is 18.9 Å². The Hall–Kier alpha value is -3.15. The van der Waals surface area contributed by atoms with Crippen LogP contribution >= 0.6 is 0 Å². The lowest BCUT2D eigenvalue weighted by molar-refractivity contribution is -0.154. The number of nitrogens with one attached hydrogen (secondary N) is 1. The van der Waals surface area contributed by atoms with Gasteiger partial charge in [-0.2, -0.15) is 18.3 Å². The minimum atomic E-state index is -4.45. The van der Waals surface area contributed by atoms with E-state index in [0.717, 1.165) is 6.42 Å². The minimum absolute atomic E-state index is 0.0870. The Labute approximate surface area is 170 Å². The summed E-state index contributed by atoms with van der Waals surface area (Å²) < 4.78 is 48.4. The number of hydrogen-bond donors (Lipinski definition) is 2. The third-order valence-corrected chi connectivity index (χ3v) is 4.44. The maximum Gasteiger partial charge on any atom is 0.422 e. The van der Waals surface area contributed by atoms with Gasteiger partial charge in [0.15, 0.2) is 12.4 Å². The molecule has 0 bridgehead atoms. The van der Waals surface area contributed by atoms with Gasteiger partial charge in [0.05, 0.1) is 24.5 Å². The fourth-order valence-corrected chi connectivity index (χ4v) is 3.04. The number of halogens is 3. The highest BCUT2D eigenvalue weighted by Gasteiger charge is 2.29. The van der Waals surface area contributed by atoms with Crippen LogP contribution in [-0.4, -0.2) is 59.9 Å². The van der Waals surface area contributed by atoms with Crippen molar-refractivity contribution in [3.8, 4) is 5.88 Å². The van der Waals surface area contributed by atoms with Gasteiger partial charge in [-0.15, -0.1) is 0 Å². The van der Waals surface area contributed by atoms with Gasteiger partial charge in [-0.1, -0.05) is 0 Å². The number of nitrogens with zero attached hydrogens (tertiary/aromatic N) is 4. The standard InChI is InChI=1S/C18H21F3N6O3/c1-23-6-11-4-5-29-9-14(11)27-8-13(16(22)28)17(26-27)25-12-2-3-15(24-7-12)30-10-18(19,20)21/h2-3,6-8,11,14H,4-5,9-10H2,1H3,(H2,22,28)(H,25,26)/t11-,14+/m1/s1. The maximum atomic E-state index is 12.2. The SMILES string of the molecule is CN=C[C@H]1CCOC[C@@H]1n1cc(C(N)=O)c(Nc2ccc(OCC(F)(F)F)nc2)n1. The number of carbonyl (C=O) groups excluding carboxylic acids is 1. The van der Waals surface area contributed by atoms with Crippen molar-refractivity contribution in [1.29, 1.82) is 0 Å². The number of aliphatic imine (C=N–C) groups is 1. The monoisotopic (exact) mass is 426 g/mol. The van der Waals surface area contributed by atoms with Crippen LogP contribution in [0.4, 0.5) is 24.7 Å². The Kier molecular flexibility index (Phi) is 6.55. The number of carbonyl (C=O) groups is 1. The highest BCUT2D eigenvalue weighted by atomic mass is 19.4. The normalized spacial score (nSPS) is 19.7. The predicted molar refractivity (Wildman–Crippen MR) is 102 cm³/mol. The van der Waals surface area contributed by atoms with Crippen LogP contribution in [0.1, 0.15) is 22.8 Å². The fraction of sp³-hybridized carbons (Fsp3) is 0.444. The second-order valence-electron chi connectivity index (χ2n) is 6.65. The Morgan fingerprint density at radius 2 is 2.30 bits per heavy atom. The van der Waals surface area contributed by atoms with Crippen LogP contribution in [0.15, 0.2) is 29.5 Å². The molecule has 1 fully saturated rings. The van der Waals surface area contributed by atoms with Crippen molar-refractivity contribution in [2.75, 3.05) is 32.2 Å². The fourth-order valence-electron chi connectivity index (χ4n) is 3.04. The molecule has 1 aliphatic rings. The summed E-state index contributed by atoms with van der Waals surface area (Å²) in [6.07, 6.45) is 0.945. The molecule has 0 unspecified atom stereocenters. The van der Waals surface area contributed by atoms with E-state index in [1.807, 2.05) is 6.21 Å². The summed E-state index contributed by atoms with van der Waals surface area (Å²) >= 11 is 0. The summed E-state index contributed by atoms with van der Waals surface area (Å²) in [5, 5.41) is 7.34. The lowest BCUT2D eigenvalue weighted by Gasteiger charge is -2.29. The lowest BCUT2D eigenvalue weighted by Crippen LogP contribution is -2.31. The molecule has 0 aliphatic carbocycles. The van der Waals surface area contributed by atoms with E-state index in [-0.39, 0.29) is 29.2 Å². The van der Waals surface area contributed by atoms with E-state index in [1.54, 1.807) is 11.7 Å². The topological polar surface area (TPSA) is 117 Å². The summed E-state index contributed by atoms with van der Waals surface area (Å²) in [5.74, 6) is -0.575. The van der Waals surface area contributed by atoms with Crippen molar-refractivity contribution < 1.29 is 27.4 Å². The average Bonchev–Trinajstić information content (AvgIpc) is 3.11. The van der Waals surface area contributed by atoms with E-state index in [1.165, 1.54) is 24.5 Å². The summed E-state index contributed by atoms with van der Waals surface area (Å²) in [4.78, 5) is 19.8. The molecule has 0 saturated carbocycles. The number of alkyl halides is 3. The number of amides is 1. The van der Waals surface area contributed by atoms with Crippen LogP contribution in [-0.2, 0) is 4.74 Å². The number of pyridine rings is 1. The molecule has 1 amide bonds. The van der Waals surface area contributed by atoms with Gasteiger partial charge in [0.2, 0.25) is 5.88 Å². The zero-order valence-corrected chi connectivity index (χ0v) is 16.1. The molecule has 3 rings (SSSR count). The molecule has 3 heterocycles. The molecular weight excluding hydrogens is 405 g/mol. The lowest BCUT2D eigenvalue weighted by atomic mass is 9.96. The van der Waals surface area contributed by atoms with Crippen molar-refractivity contribution in [1.82, 2.24) is 14.8 Å². The van der Waals surface area contributed by atoms with Crippen molar-refractivity contribution in [2.24, 2.45) is 16.6 Å². The van der Waals surface area contributed by atoms with Gasteiger partial charge < -0.3 is 25.5 Å². The van der Waals surface area contributed by atoms with Crippen LogP contribution < -0.4 is 15.8 Å². The first-order chi connectivity index (χ1) is 14.3. The molecule has 12 heteroatoms. The van der Waals surface area contributed by atoms with Crippen molar-refractivity contribution >= 4 is 23.6 Å². The van der Waals surface area contributed by atoms with Gasteiger partial charge in [0.1, 0.15) is 5.56 Å². The number of anilines is 2. The molecule has 30 heavy (non-hydrogen) atoms. The quantitative estimate of drug-likeness (QED) is 0.657. The third-order valence-electron chi connectivity index (χ3n) is 4.44. The first kappa shape index (κ1) is 21.6. The Bertz CT molecular complexity index is 898. The van der Waals surface area contributed by atoms with Gasteiger partial charge >= 0.3 is 6.18 Å². The van der Waals surface area contributed by atoms with Crippen LogP contribution in [0.5, 0.6) is 5.88 Å². The van der Waals surface area contributed by atoms with E-state index < -0.39 is 18.7 Å². The molecule has 1 saturated heterocycles. The van der Waals surface area contributed by atoms with E-state index in [2.05, 4.69) is 25.1 Å². The van der Waals surface area contributed by atoms with E-state index in [4.69, 9.17) is 10.5 Å². The molecule has 3 N–H and O–H groups in total. The first-order valence-electron chi connectivity index (χ1n) is 9.08. The summed E-state index contributed by atoms with van der Waals surface area (Å²) in [6, 6.07) is 2.57. The van der Waals surface area contributed by atoms with Crippen molar-refractivity contribution in [3.05, 3.63) is 30.1 Å². The summed E-state index contributed by atoms with van der Waals surface area (Å²) in [5.41, 5.74) is 6.03. The average molecular weight is 426 g/mol. The molecule has 1 aliphatic heterocycles. The number of nitrogens with two attached hydrogens (primary N) is 1. The number of ether oxygens (including phenoxy) is 2. The van der Waals surface area contributed by atoms with Gasteiger partial charge in [-0.25, -0.2) is 4.98 Å².